The van der Waals surface area contributed by atoms with Gasteiger partial charge < -0.3 is 0 Å². The van der Waals surface area contributed by atoms with E-state index in [0.29, 0.717) is 44.8 Å². The summed E-state index contributed by atoms with van der Waals surface area (Å²) in [6, 6.07) is 37.4. The Bertz CT molecular complexity index is 1850. The fraction of sp³-hybridized carbons (Fsp3) is 0.0294. The van der Waals surface area contributed by atoms with Crippen LogP contribution < -0.4 is 0 Å². The number of halogens is 4. The minimum absolute atomic E-state index is 0.183. The van der Waals surface area contributed by atoms with Crippen LogP contribution in [0.5, 0.6) is 0 Å². The second-order valence-electron chi connectivity index (χ2n) is 9.97. The van der Waals surface area contributed by atoms with Crippen LogP contribution in [0, 0.1) is 0 Å². The van der Waals surface area contributed by atoms with Crippen LogP contribution in [0.15, 0.2) is 139 Å². The van der Waals surface area contributed by atoms with E-state index in [-0.39, 0.29) is 11.4 Å². The number of hydrogen-bond acceptors (Lipinski definition) is 0. The Labute approximate surface area is 235 Å². The van der Waals surface area contributed by atoms with E-state index in [4.69, 9.17) is 0 Å². The Kier molecular flexibility index (Phi) is 5.89. The third kappa shape index (κ3) is 4.08. The van der Waals surface area contributed by atoms with Gasteiger partial charge >= 0.3 is 13.4 Å². The molecule has 0 unspecified atom stereocenters. The number of fused-ring (bicyclic) bond motifs is 2. The van der Waals surface area contributed by atoms with Crippen molar-refractivity contribution >= 4 is 24.1 Å². The van der Waals surface area contributed by atoms with Gasteiger partial charge in [-0.2, -0.15) is 13.2 Å². The van der Waals surface area contributed by atoms with Crippen molar-refractivity contribution in [1.29, 1.82) is 0 Å². The summed E-state index contributed by atoms with van der Waals surface area (Å²) >= 11 is 0. The van der Waals surface area contributed by atoms with Gasteiger partial charge in [0.1, 0.15) is 5.57 Å². The topological polar surface area (TPSA) is 7.94 Å². The molecule has 2 aliphatic heterocycles. The average Bonchev–Trinajstić information content (AvgIpc) is 3.59. The van der Waals surface area contributed by atoms with Crippen LogP contribution in [0.2, 0.25) is 0 Å². The van der Waals surface area contributed by atoms with E-state index in [1.165, 1.54) is 8.96 Å². The first kappa shape index (κ1) is 25.1. The normalized spacial score (nSPS) is 14.7. The molecule has 0 amide bonds. The SMILES string of the molecule is FB1n2c(-c3ccccc3)cc(-c3ccccc3)c2C(C(F)(F)F)=C2C(c3ccccc3)=CC(c3ccccc3)=[N+]12. The van der Waals surface area contributed by atoms with Gasteiger partial charge in [0, 0.05) is 22.9 Å². The van der Waals surface area contributed by atoms with Gasteiger partial charge in [-0.1, -0.05) is 109 Å². The Morgan fingerprint density at radius 1 is 0.610 bits per heavy atom. The molecule has 198 valence electrons. The van der Waals surface area contributed by atoms with E-state index in [1.54, 1.807) is 121 Å². The van der Waals surface area contributed by atoms with Gasteiger partial charge in [-0.15, -0.1) is 0 Å². The van der Waals surface area contributed by atoms with Crippen molar-refractivity contribution in [2.45, 2.75) is 6.18 Å². The number of allylic oxidation sites excluding steroid dienone is 3. The smallest absolute Gasteiger partial charge is 0.285 e. The number of benzene rings is 4. The van der Waals surface area contributed by atoms with Crippen molar-refractivity contribution in [1.82, 2.24) is 4.48 Å². The highest BCUT2D eigenvalue weighted by Crippen LogP contribution is 2.51. The second kappa shape index (κ2) is 9.63. The maximum atomic E-state index is 17.2. The number of alkyl halides is 3. The lowest BCUT2D eigenvalue weighted by atomic mass is 9.87. The Hall–Kier alpha value is -4.91. The first-order chi connectivity index (χ1) is 19.9. The quantitative estimate of drug-likeness (QED) is 0.158. The fourth-order valence-corrected chi connectivity index (χ4v) is 5.84. The highest BCUT2D eigenvalue weighted by Gasteiger charge is 2.59. The third-order valence-corrected chi connectivity index (χ3v) is 7.57. The fourth-order valence-electron chi connectivity index (χ4n) is 5.84. The van der Waals surface area contributed by atoms with Gasteiger partial charge in [0.15, 0.2) is 5.71 Å². The van der Waals surface area contributed by atoms with Crippen molar-refractivity contribution in [2.24, 2.45) is 0 Å². The maximum Gasteiger partial charge on any atom is 0.847 e. The van der Waals surface area contributed by atoms with Crippen LogP contribution >= 0.6 is 0 Å². The molecule has 1 aromatic heterocycles. The summed E-state index contributed by atoms with van der Waals surface area (Å²) in [6.45, 7) is 0. The Balaban J connectivity index is 1.64. The molecule has 0 fully saturated rings. The van der Waals surface area contributed by atoms with Crippen molar-refractivity contribution in [3.8, 4) is 22.4 Å². The van der Waals surface area contributed by atoms with Crippen LogP contribution in [0.1, 0.15) is 16.8 Å². The molecule has 7 rings (SSSR count). The molecule has 0 saturated heterocycles. The minimum Gasteiger partial charge on any atom is -0.285 e. The lowest BCUT2D eigenvalue weighted by molar-refractivity contribution is -0.334. The molecular formula is C34H22BF4N2+. The third-order valence-electron chi connectivity index (χ3n) is 7.57. The summed E-state index contributed by atoms with van der Waals surface area (Å²) in [6.07, 6.45) is -3.11. The number of nitrogens with zero attached hydrogens (tertiary/aromatic N) is 2. The first-order valence-electron chi connectivity index (χ1n) is 13.2. The molecule has 4 aromatic carbocycles. The van der Waals surface area contributed by atoms with Crippen molar-refractivity contribution in [3.05, 3.63) is 156 Å². The summed E-state index contributed by atoms with van der Waals surface area (Å²) in [5.41, 5.74) is 2.57. The predicted octanol–water partition coefficient (Wildman–Crippen LogP) is 8.51. The van der Waals surface area contributed by atoms with Crippen molar-refractivity contribution in [3.63, 3.8) is 0 Å². The Morgan fingerprint density at radius 3 is 1.63 bits per heavy atom. The van der Waals surface area contributed by atoms with Gasteiger partial charge in [-0.25, -0.2) is 8.80 Å². The molecular weight excluding hydrogens is 523 g/mol. The molecule has 0 spiro atoms. The van der Waals surface area contributed by atoms with Crippen molar-refractivity contribution < 1.29 is 22.0 Å². The lowest BCUT2D eigenvalue weighted by Crippen LogP contribution is -2.43. The maximum absolute atomic E-state index is 17.2. The van der Waals surface area contributed by atoms with E-state index >= 15 is 17.5 Å². The molecule has 2 nitrogen and oxygen atoms in total. The standard InChI is InChI=1S/C34H22BF4N2/c36-34(37,38)31-32-27(23-13-5-1-6-14-23)21-29(25-17-9-3-10-18-25)40(32)35(39)41-30(26-19-11-4-12-20-26)22-28(33(31)41)24-15-7-2-8-16-24/h1-22H/q+1. The molecule has 0 N–H and O–H groups in total. The zero-order valence-electron chi connectivity index (χ0n) is 21.7. The molecule has 0 radical (unpaired) electrons. The molecule has 0 saturated carbocycles. The summed E-state index contributed by atoms with van der Waals surface area (Å²) < 4.78 is 66.0. The predicted molar refractivity (Wildman–Crippen MR) is 156 cm³/mol. The van der Waals surface area contributed by atoms with Crippen molar-refractivity contribution in [2.75, 3.05) is 0 Å². The largest absolute Gasteiger partial charge is 0.847 e. The van der Waals surface area contributed by atoms with E-state index in [1.807, 2.05) is 12.1 Å². The van der Waals surface area contributed by atoms with Gasteiger partial charge in [0.2, 0.25) is 5.70 Å². The molecule has 0 aliphatic carbocycles. The van der Waals surface area contributed by atoms with Gasteiger partial charge in [0.05, 0.1) is 11.3 Å². The molecule has 7 heteroatoms. The van der Waals surface area contributed by atoms with Gasteiger partial charge in [0.25, 0.3) is 0 Å². The van der Waals surface area contributed by atoms with E-state index in [9.17, 15) is 0 Å². The summed E-state index contributed by atoms with van der Waals surface area (Å²) in [5, 5.41) is 0. The summed E-state index contributed by atoms with van der Waals surface area (Å²) in [7, 11) is -1.94. The van der Waals surface area contributed by atoms with Crippen LogP contribution in [0.25, 0.3) is 33.5 Å². The van der Waals surface area contributed by atoms with Gasteiger partial charge in [-0.05, 0) is 34.9 Å². The van der Waals surface area contributed by atoms with Crippen LogP contribution in [0.3, 0.4) is 0 Å². The van der Waals surface area contributed by atoms with Gasteiger partial charge in [-0.3, -0.25) is 4.48 Å². The summed E-state index contributed by atoms with van der Waals surface area (Å²) in [5.74, 6) is 0. The highest BCUT2D eigenvalue weighted by molar-refractivity contribution is 6.46. The van der Waals surface area contributed by atoms with Crippen LogP contribution in [-0.4, -0.2) is 28.1 Å². The van der Waals surface area contributed by atoms with Crippen LogP contribution in [0.4, 0.5) is 17.5 Å². The average molecular weight is 545 g/mol. The number of hydrogen-bond donors (Lipinski definition) is 0. The number of rotatable bonds is 4. The number of aromatic nitrogens is 1. The summed E-state index contributed by atoms with van der Waals surface area (Å²) in [4.78, 5) is 0. The Morgan fingerprint density at radius 2 is 1.10 bits per heavy atom. The molecule has 0 atom stereocenters. The molecule has 41 heavy (non-hydrogen) atoms. The van der Waals surface area contributed by atoms with Crippen LogP contribution in [-0.2, 0) is 0 Å². The first-order valence-corrected chi connectivity index (χ1v) is 13.2. The minimum atomic E-state index is -4.79. The van der Waals surface area contributed by atoms with E-state index < -0.39 is 19.0 Å². The second-order valence-corrected chi connectivity index (χ2v) is 9.97. The molecule has 2 aliphatic rings. The highest BCUT2D eigenvalue weighted by atomic mass is 19.4. The zero-order chi connectivity index (χ0) is 28.1. The molecule has 3 heterocycles. The van der Waals surface area contributed by atoms with E-state index in [2.05, 4.69) is 0 Å². The lowest BCUT2D eigenvalue weighted by Gasteiger charge is -2.24. The van der Waals surface area contributed by atoms with E-state index in [0.717, 1.165) is 0 Å². The molecule has 5 aromatic rings. The monoisotopic (exact) mass is 545 g/mol. The zero-order valence-corrected chi connectivity index (χ0v) is 21.7. The molecule has 0 bridgehead atoms.